The molecule has 1 aromatic heterocycles. The summed E-state index contributed by atoms with van der Waals surface area (Å²) in [5.41, 5.74) is 3.08. The van der Waals surface area contributed by atoms with E-state index in [4.69, 9.17) is 4.74 Å². The van der Waals surface area contributed by atoms with E-state index in [1.807, 2.05) is 18.7 Å². The van der Waals surface area contributed by atoms with Crippen LogP contribution in [0.15, 0.2) is 42.5 Å². The first-order valence-corrected chi connectivity index (χ1v) is 11.3. The van der Waals surface area contributed by atoms with Crippen LogP contribution in [0.1, 0.15) is 42.0 Å². The van der Waals surface area contributed by atoms with Crippen LogP contribution < -0.4 is 10.2 Å². The van der Waals surface area contributed by atoms with E-state index in [2.05, 4.69) is 10.4 Å². The van der Waals surface area contributed by atoms with Gasteiger partial charge in [-0.2, -0.15) is 5.10 Å². The zero-order valence-corrected chi connectivity index (χ0v) is 18.6. The Morgan fingerprint density at radius 1 is 1.03 bits per heavy atom. The number of nitrogens with zero attached hydrogens (tertiary/aromatic N) is 3. The predicted octanol–water partition coefficient (Wildman–Crippen LogP) is 4.51. The lowest BCUT2D eigenvalue weighted by Crippen LogP contribution is -2.45. The normalized spacial score (nSPS) is 20.1. The second-order valence-electron chi connectivity index (χ2n) is 8.77. The summed E-state index contributed by atoms with van der Waals surface area (Å²) in [6, 6.07) is 11.1. The van der Waals surface area contributed by atoms with Crippen molar-refractivity contribution in [3.63, 3.8) is 0 Å². The minimum atomic E-state index is -0.427. The number of para-hydroxylation sites is 1. The largest absolute Gasteiger partial charge is 0.372 e. The standard InChI is InChI=1S/C25H26F2N4O2/c1-15-13-30(14-16(2)33-15)22-11-10-17(12-20(22)27)28-25(32)24-18-6-5-9-21(18)31(29-24)23-8-4-3-7-19(23)26/h3-4,7-8,10-12,15-16H,5-6,9,13-14H2,1-2H3,(H,28,32). The molecular formula is C25H26F2N4O2. The van der Waals surface area contributed by atoms with E-state index in [0.717, 1.165) is 24.1 Å². The maximum Gasteiger partial charge on any atom is 0.276 e. The van der Waals surface area contributed by atoms with E-state index >= 15 is 0 Å². The van der Waals surface area contributed by atoms with Crippen LogP contribution in [0, 0.1) is 11.6 Å². The van der Waals surface area contributed by atoms with Crippen molar-refractivity contribution in [1.82, 2.24) is 9.78 Å². The van der Waals surface area contributed by atoms with E-state index < -0.39 is 17.5 Å². The molecule has 2 aliphatic rings. The number of aromatic nitrogens is 2. The van der Waals surface area contributed by atoms with Crippen molar-refractivity contribution >= 4 is 17.3 Å². The minimum Gasteiger partial charge on any atom is -0.372 e. The van der Waals surface area contributed by atoms with E-state index in [0.29, 0.717) is 36.6 Å². The quantitative estimate of drug-likeness (QED) is 0.633. The SMILES string of the molecule is CC1CN(c2ccc(NC(=O)c3nn(-c4ccccc4F)c4c3CCC4)cc2F)CC(C)O1. The van der Waals surface area contributed by atoms with Crippen LogP contribution in [0.2, 0.25) is 0 Å². The highest BCUT2D eigenvalue weighted by Crippen LogP contribution is 2.30. The highest BCUT2D eigenvalue weighted by Gasteiger charge is 2.28. The second kappa shape index (κ2) is 8.59. The summed E-state index contributed by atoms with van der Waals surface area (Å²) in [5.74, 6) is -1.23. The number of benzene rings is 2. The summed E-state index contributed by atoms with van der Waals surface area (Å²) in [6.45, 7) is 5.14. The van der Waals surface area contributed by atoms with Gasteiger partial charge in [0.05, 0.1) is 17.9 Å². The summed E-state index contributed by atoms with van der Waals surface area (Å²) < 4.78 is 36.6. The van der Waals surface area contributed by atoms with Gasteiger partial charge in [0.2, 0.25) is 0 Å². The van der Waals surface area contributed by atoms with Gasteiger partial charge in [-0.15, -0.1) is 0 Å². The molecule has 0 spiro atoms. The molecule has 2 aromatic carbocycles. The van der Waals surface area contributed by atoms with Gasteiger partial charge in [0.1, 0.15) is 17.3 Å². The van der Waals surface area contributed by atoms with Gasteiger partial charge < -0.3 is 15.0 Å². The molecule has 0 radical (unpaired) electrons. The van der Waals surface area contributed by atoms with Crippen molar-refractivity contribution in [1.29, 1.82) is 0 Å². The lowest BCUT2D eigenvalue weighted by atomic mass is 10.1. The van der Waals surface area contributed by atoms with E-state index in [1.54, 1.807) is 30.3 Å². The van der Waals surface area contributed by atoms with Gasteiger partial charge in [0, 0.05) is 30.0 Å². The molecule has 1 saturated heterocycles. The van der Waals surface area contributed by atoms with Crippen molar-refractivity contribution in [3.05, 3.63) is 71.1 Å². The lowest BCUT2D eigenvalue weighted by molar-refractivity contribution is -0.00539. The maximum atomic E-state index is 14.9. The maximum absolute atomic E-state index is 14.9. The van der Waals surface area contributed by atoms with Gasteiger partial charge in [0.15, 0.2) is 5.69 Å². The first-order valence-electron chi connectivity index (χ1n) is 11.3. The van der Waals surface area contributed by atoms with Gasteiger partial charge in [-0.1, -0.05) is 12.1 Å². The number of nitrogens with one attached hydrogen (secondary N) is 1. The monoisotopic (exact) mass is 452 g/mol. The van der Waals surface area contributed by atoms with E-state index in [1.165, 1.54) is 16.8 Å². The molecule has 0 saturated carbocycles. The lowest BCUT2D eigenvalue weighted by Gasteiger charge is -2.37. The van der Waals surface area contributed by atoms with Gasteiger partial charge in [-0.25, -0.2) is 13.5 Å². The van der Waals surface area contributed by atoms with Gasteiger partial charge in [-0.3, -0.25) is 4.79 Å². The molecular weight excluding hydrogens is 426 g/mol. The predicted molar refractivity (Wildman–Crippen MR) is 122 cm³/mol. The molecule has 1 aliphatic carbocycles. The number of halogens is 2. The second-order valence-corrected chi connectivity index (χ2v) is 8.77. The number of morpholine rings is 1. The van der Waals surface area contributed by atoms with Crippen LogP contribution in [0.5, 0.6) is 0 Å². The Kier molecular flexibility index (Phi) is 5.62. The Labute approximate surface area is 191 Å². The number of ether oxygens (including phenoxy) is 1. The number of anilines is 2. The topological polar surface area (TPSA) is 59.4 Å². The Morgan fingerprint density at radius 2 is 1.79 bits per heavy atom. The fraction of sp³-hybridized carbons (Fsp3) is 0.360. The van der Waals surface area contributed by atoms with Gasteiger partial charge in [-0.05, 0) is 63.4 Å². The Balaban J connectivity index is 1.39. The molecule has 5 rings (SSSR count). The van der Waals surface area contributed by atoms with Crippen molar-refractivity contribution in [2.45, 2.75) is 45.3 Å². The summed E-state index contributed by atoms with van der Waals surface area (Å²) >= 11 is 0. The van der Waals surface area contributed by atoms with E-state index in [9.17, 15) is 13.6 Å². The molecule has 2 heterocycles. The molecule has 0 bridgehead atoms. The molecule has 3 aromatic rings. The number of hydrogen-bond donors (Lipinski definition) is 1. The highest BCUT2D eigenvalue weighted by atomic mass is 19.1. The summed E-state index contributed by atoms with van der Waals surface area (Å²) in [7, 11) is 0. The molecule has 8 heteroatoms. The van der Waals surface area contributed by atoms with Crippen molar-refractivity contribution in [2.24, 2.45) is 0 Å². The fourth-order valence-corrected chi connectivity index (χ4v) is 4.85. The first-order chi connectivity index (χ1) is 15.9. The van der Waals surface area contributed by atoms with Crippen LogP contribution in [-0.4, -0.2) is 41.0 Å². The molecule has 172 valence electrons. The van der Waals surface area contributed by atoms with Crippen molar-refractivity contribution in [3.8, 4) is 5.69 Å². The summed E-state index contributed by atoms with van der Waals surface area (Å²) in [6.07, 6.45) is 2.33. The number of rotatable bonds is 4. The molecule has 1 fully saturated rings. The smallest absolute Gasteiger partial charge is 0.276 e. The molecule has 2 atom stereocenters. The van der Waals surface area contributed by atoms with Gasteiger partial charge >= 0.3 is 0 Å². The number of fused-ring (bicyclic) bond motifs is 1. The third-order valence-corrected chi connectivity index (χ3v) is 6.19. The number of amides is 1. The average molecular weight is 453 g/mol. The first kappa shape index (κ1) is 21.6. The molecule has 1 amide bonds. The molecule has 1 N–H and O–H groups in total. The molecule has 2 unspecified atom stereocenters. The number of carbonyl (C=O) groups is 1. The van der Waals surface area contributed by atoms with Crippen LogP contribution in [-0.2, 0) is 17.6 Å². The summed E-state index contributed by atoms with van der Waals surface area (Å²) in [5, 5.41) is 7.20. The van der Waals surface area contributed by atoms with Crippen LogP contribution >= 0.6 is 0 Å². The van der Waals surface area contributed by atoms with Gasteiger partial charge in [0.25, 0.3) is 5.91 Å². The molecule has 6 nitrogen and oxygen atoms in total. The number of hydrogen-bond acceptors (Lipinski definition) is 4. The Morgan fingerprint density at radius 3 is 2.52 bits per heavy atom. The van der Waals surface area contributed by atoms with Crippen molar-refractivity contribution < 1.29 is 18.3 Å². The van der Waals surface area contributed by atoms with Crippen molar-refractivity contribution in [2.75, 3.05) is 23.3 Å². The third-order valence-electron chi connectivity index (χ3n) is 6.19. The zero-order valence-electron chi connectivity index (χ0n) is 18.6. The number of carbonyl (C=O) groups excluding carboxylic acids is 1. The molecule has 1 aliphatic heterocycles. The van der Waals surface area contributed by atoms with Crippen LogP contribution in [0.4, 0.5) is 20.2 Å². The zero-order chi connectivity index (χ0) is 23.1. The van der Waals surface area contributed by atoms with E-state index in [-0.39, 0.29) is 17.9 Å². The minimum absolute atomic E-state index is 0.0131. The average Bonchev–Trinajstić information content (AvgIpc) is 3.36. The van der Waals surface area contributed by atoms with Crippen LogP contribution in [0.3, 0.4) is 0 Å². The third kappa shape index (κ3) is 4.11. The molecule has 33 heavy (non-hydrogen) atoms. The highest BCUT2D eigenvalue weighted by molar-refractivity contribution is 6.04. The van der Waals surface area contributed by atoms with Crippen LogP contribution in [0.25, 0.3) is 5.69 Å². The Hall–Kier alpha value is -3.26. The fourth-order valence-electron chi connectivity index (χ4n) is 4.85. The summed E-state index contributed by atoms with van der Waals surface area (Å²) in [4.78, 5) is 15.0. The Bertz CT molecular complexity index is 1200.